The molecule has 4 aromatic heterocycles. The van der Waals surface area contributed by atoms with E-state index in [2.05, 4.69) is 48.7 Å². The van der Waals surface area contributed by atoms with Crippen molar-refractivity contribution in [3.05, 3.63) is 60.2 Å². The first kappa shape index (κ1) is 27.2. The van der Waals surface area contributed by atoms with Gasteiger partial charge < -0.3 is 20.2 Å². The van der Waals surface area contributed by atoms with E-state index in [1.54, 1.807) is 13.8 Å². The number of aliphatic hydroxyl groups is 1. The van der Waals surface area contributed by atoms with Crippen LogP contribution in [0.1, 0.15) is 56.8 Å². The first-order chi connectivity index (χ1) is 20.3. The van der Waals surface area contributed by atoms with Crippen LogP contribution in [0.5, 0.6) is 0 Å². The lowest BCUT2D eigenvalue weighted by molar-refractivity contribution is 0.0738. The average molecular weight is 568 g/mol. The van der Waals surface area contributed by atoms with Crippen LogP contribution in [0.2, 0.25) is 0 Å². The van der Waals surface area contributed by atoms with Gasteiger partial charge in [-0.3, -0.25) is 9.47 Å². The van der Waals surface area contributed by atoms with Gasteiger partial charge in [-0.1, -0.05) is 6.07 Å². The van der Waals surface area contributed by atoms with Gasteiger partial charge >= 0.3 is 0 Å². The van der Waals surface area contributed by atoms with E-state index in [0.717, 1.165) is 48.5 Å². The lowest BCUT2D eigenvalue weighted by atomic mass is 10.0. The zero-order valence-electron chi connectivity index (χ0n) is 24.9. The second-order valence-electron chi connectivity index (χ2n) is 12.7. The SMILES string of the molecule is CN1CCN(C2CCN(c3ccc(Nc4ncc5cc(C6CC6)n(-c6cccc(C(C)(C)O)n6)c5n4)nc3)CC2)CC1. The highest BCUT2D eigenvalue weighted by molar-refractivity contribution is 5.80. The van der Waals surface area contributed by atoms with E-state index in [0.29, 0.717) is 29.4 Å². The molecule has 0 amide bonds. The van der Waals surface area contributed by atoms with Crippen molar-refractivity contribution in [2.45, 2.75) is 57.1 Å². The third-order valence-electron chi connectivity index (χ3n) is 9.03. The third kappa shape index (κ3) is 5.58. The number of piperidine rings is 1. The molecule has 10 heteroatoms. The summed E-state index contributed by atoms with van der Waals surface area (Å²) >= 11 is 0. The van der Waals surface area contributed by atoms with E-state index in [1.807, 2.05) is 36.7 Å². The van der Waals surface area contributed by atoms with Crippen LogP contribution < -0.4 is 10.2 Å². The zero-order chi connectivity index (χ0) is 28.8. The normalized spacial score (nSPS) is 19.5. The van der Waals surface area contributed by atoms with Gasteiger partial charge in [-0.15, -0.1) is 0 Å². The monoisotopic (exact) mass is 567 g/mol. The fraction of sp³-hybridized carbons (Fsp3) is 0.500. The largest absolute Gasteiger partial charge is 0.384 e. The van der Waals surface area contributed by atoms with E-state index in [1.165, 1.54) is 44.7 Å². The van der Waals surface area contributed by atoms with E-state index < -0.39 is 5.60 Å². The van der Waals surface area contributed by atoms with Crippen LogP contribution in [0.15, 0.2) is 48.8 Å². The number of nitrogens with one attached hydrogen (secondary N) is 1. The summed E-state index contributed by atoms with van der Waals surface area (Å²) in [6.07, 6.45) is 8.54. The van der Waals surface area contributed by atoms with Crippen molar-refractivity contribution in [2.75, 3.05) is 56.5 Å². The summed E-state index contributed by atoms with van der Waals surface area (Å²) in [5.41, 5.74) is 2.75. The molecule has 3 fully saturated rings. The molecular formula is C32H41N9O. The number of likely N-dealkylation sites (N-methyl/N-ethyl adjacent to an activating group) is 1. The molecule has 0 atom stereocenters. The highest BCUT2D eigenvalue weighted by Crippen LogP contribution is 2.43. The lowest BCUT2D eigenvalue weighted by Gasteiger charge is -2.42. The van der Waals surface area contributed by atoms with Crippen LogP contribution in [0.4, 0.5) is 17.5 Å². The van der Waals surface area contributed by atoms with E-state index in [9.17, 15) is 5.11 Å². The Bertz CT molecular complexity index is 1540. The molecule has 220 valence electrons. The van der Waals surface area contributed by atoms with E-state index in [4.69, 9.17) is 15.0 Å². The average Bonchev–Trinajstić information content (AvgIpc) is 3.78. The molecular weight excluding hydrogens is 526 g/mol. The van der Waals surface area contributed by atoms with Gasteiger partial charge in [0.2, 0.25) is 5.95 Å². The minimum atomic E-state index is -1.03. The van der Waals surface area contributed by atoms with Crippen molar-refractivity contribution in [1.82, 2.24) is 34.3 Å². The van der Waals surface area contributed by atoms with Gasteiger partial charge in [0.15, 0.2) is 5.65 Å². The summed E-state index contributed by atoms with van der Waals surface area (Å²) in [5, 5.41) is 14.9. The standard InChI is InChI=1S/C32H41N9O/c1-32(2,42)27-5-4-6-29(35-27)41-26(22-7-8-22)19-23-20-34-31(37-30(23)41)36-28-10-9-25(21-33-28)39-13-11-24(12-14-39)40-17-15-38(3)16-18-40/h4-6,9-10,19-22,24,42H,7-8,11-18H2,1-3H3,(H,33,34,36,37). The number of anilines is 3. The smallest absolute Gasteiger partial charge is 0.230 e. The maximum atomic E-state index is 10.6. The summed E-state index contributed by atoms with van der Waals surface area (Å²) in [7, 11) is 2.22. The van der Waals surface area contributed by atoms with Gasteiger partial charge in [0.1, 0.15) is 17.2 Å². The quantitative estimate of drug-likeness (QED) is 0.339. The van der Waals surface area contributed by atoms with Crippen LogP contribution in [-0.2, 0) is 5.60 Å². The maximum absolute atomic E-state index is 10.6. The van der Waals surface area contributed by atoms with Crippen molar-refractivity contribution >= 4 is 28.5 Å². The van der Waals surface area contributed by atoms with Crippen LogP contribution in [0.3, 0.4) is 0 Å². The zero-order valence-corrected chi connectivity index (χ0v) is 24.9. The molecule has 1 saturated carbocycles. The van der Waals surface area contributed by atoms with E-state index in [-0.39, 0.29) is 0 Å². The van der Waals surface area contributed by atoms with Crippen LogP contribution in [-0.4, -0.2) is 91.8 Å². The Morgan fingerprint density at radius 2 is 1.67 bits per heavy atom. The number of pyridine rings is 2. The van der Waals surface area contributed by atoms with Crippen molar-refractivity contribution < 1.29 is 5.11 Å². The molecule has 2 aliphatic heterocycles. The van der Waals surface area contributed by atoms with Crippen molar-refractivity contribution in [1.29, 1.82) is 0 Å². The van der Waals surface area contributed by atoms with Crippen LogP contribution >= 0.6 is 0 Å². The van der Waals surface area contributed by atoms with Crippen molar-refractivity contribution in [3.8, 4) is 5.82 Å². The predicted octanol–water partition coefficient (Wildman–Crippen LogP) is 4.28. The maximum Gasteiger partial charge on any atom is 0.230 e. The first-order valence-electron chi connectivity index (χ1n) is 15.3. The summed E-state index contributed by atoms with van der Waals surface area (Å²) in [6, 6.07) is 12.8. The summed E-state index contributed by atoms with van der Waals surface area (Å²) < 4.78 is 2.12. The number of rotatable bonds is 7. The number of aromatic nitrogens is 5. The van der Waals surface area contributed by atoms with Crippen molar-refractivity contribution in [3.63, 3.8) is 0 Å². The Labute approximate surface area is 247 Å². The molecule has 42 heavy (non-hydrogen) atoms. The fourth-order valence-electron chi connectivity index (χ4n) is 6.32. The second-order valence-corrected chi connectivity index (χ2v) is 12.7. The van der Waals surface area contributed by atoms with Gasteiger partial charge in [-0.2, -0.15) is 4.98 Å². The highest BCUT2D eigenvalue weighted by atomic mass is 16.3. The fourth-order valence-corrected chi connectivity index (χ4v) is 6.32. The highest BCUT2D eigenvalue weighted by Gasteiger charge is 2.30. The summed E-state index contributed by atoms with van der Waals surface area (Å²) in [4.78, 5) is 26.6. The molecule has 3 aliphatic rings. The number of hydrogen-bond acceptors (Lipinski definition) is 9. The topological polar surface area (TPSA) is 98.5 Å². The lowest BCUT2D eigenvalue weighted by Crippen LogP contribution is -2.52. The molecule has 2 N–H and O–H groups in total. The first-order valence-corrected chi connectivity index (χ1v) is 15.3. The molecule has 1 aliphatic carbocycles. The molecule has 0 bridgehead atoms. The third-order valence-corrected chi connectivity index (χ3v) is 9.03. The molecule has 7 rings (SSSR count). The van der Waals surface area contributed by atoms with Crippen molar-refractivity contribution in [2.24, 2.45) is 0 Å². The van der Waals surface area contributed by atoms with Gasteiger partial charge in [-0.05, 0) is 82.8 Å². The molecule has 6 heterocycles. The number of fused-ring (bicyclic) bond motifs is 1. The Kier molecular flexibility index (Phi) is 7.08. The van der Waals surface area contributed by atoms with Gasteiger partial charge in [0, 0.05) is 62.6 Å². The Balaban J connectivity index is 1.07. The number of nitrogens with zero attached hydrogens (tertiary/aromatic N) is 8. The minimum absolute atomic E-state index is 0.490. The summed E-state index contributed by atoms with van der Waals surface area (Å²) in [6.45, 7) is 10.4. The molecule has 0 radical (unpaired) electrons. The molecule has 0 unspecified atom stereocenters. The second kappa shape index (κ2) is 10.9. The van der Waals surface area contributed by atoms with Crippen LogP contribution in [0, 0.1) is 0 Å². The molecule has 0 spiro atoms. The summed E-state index contributed by atoms with van der Waals surface area (Å²) in [5.74, 6) is 2.46. The number of piperazine rings is 1. The molecule has 2 saturated heterocycles. The Hall–Kier alpha value is -3.60. The Morgan fingerprint density at radius 3 is 2.36 bits per heavy atom. The van der Waals surface area contributed by atoms with Gasteiger partial charge in [0.05, 0.1) is 17.6 Å². The Morgan fingerprint density at radius 1 is 0.881 bits per heavy atom. The number of hydrogen-bond donors (Lipinski definition) is 2. The molecule has 4 aromatic rings. The van der Waals surface area contributed by atoms with E-state index >= 15 is 0 Å². The predicted molar refractivity (Wildman–Crippen MR) is 166 cm³/mol. The minimum Gasteiger partial charge on any atom is -0.384 e. The van der Waals surface area contributed by atoms with Crippen LogP contribution in [0.25, 0.3) is 16.9 Å². The van der Waals surface area contributed by atoms with Gasteiger partial charge in [0.25, 0.3) is 0 Å². The molecule has 10 nitrogen and oxygen atoms in total. The van der Waals surface area contributed by atoms with Gasteiger partial charge in [-0.25, -0.2) is 15.0 Å². The molecule has 0 aromatic carbocycles.